The average molecular weight is 383 g/mol. The van der Waals surface area contributed by atoms with Gasteiger partial charge in [-0.1, -0.05) is 34.5 Å². The van der Waals surface area contributed by atoms with Gasteiger partial charge in [-0.15, -0.1) is 0 Å². The van der Waals surface area contributed by atoms with Gasteiger partial charge in [-0.2, -0.15) is 0 Å². The average Bonchev–Trinajstić information content (AvgIpc) is 2.95. The number of hydrogen-bond acceptors (Lipinski definition) is 5. The molecule has 0 bridgehead atoms. The molecule has 8 heteroatoms. The number of rotatable bonds is 4. The predicted molar refractivity (Wildman–Crippen MR) is 97.1 cm³/mol. The summed E-state index contributed by atoms with van der Waals surface area (Å²) in [5, 5.41) is 3.76. The molecule has 0 saturated heterocycles. The Morgan fingerprint density at radius 1 is 1.12 bits per heavy atom. The number of nitrogens with zero attached hydrogens (tertiary/aromatic N) is 1. The molecule has 0 aliphatic carbocycles. The van der Waals surface area contributed by atoms with Crippen LogP contribution in [0, 0.1) is 0 Å². The van der Waals surface area contributed by atoms with Crippen LogP contribution < -0.4 is 14.8 Å². The van der Waals surface area contributed by atoms with Crippen LogP contribution in [-0.2, 0) is 0 Å². The molecule has 3 aromatic rings. The van der Waals surface area contributed by atoms with Crippen molar-refractivity contribution >= 4 is 55.8 Å². The summed E-state index contributed by atoms with van der Waals surface area (Å²) in [5.74, 6) is 0.715. The van der Waals surface area contributed by atoms with Gasteiger partial charge in [-0.25, -0.2) is 4.98 Å². The Labute approximate surface area is 152 Å². The molecule has 2 aromatic carbocycles. The second-order valence-electron chi connectivity index (χ2n) is 4.78. The number of anilines is 1. The summed E-state index contributed by atoms with van der Waals surface area (Å²) < 4.78 is 11.2. The van der Waals surface area contributed by atoms with Gasteiger partial charge in [0.2, 0.25) is 0 Å². The minimum absolute atomic E-state index is 0.268. The van der Waals surface area contributed by atoms with Crippen molar-refractivity contribution in [2.75, 3.05) is 19.5 Å². The highest BCUT2D eigenvalue weighted by atomic mass is 35.5. The second kappa shape index (κ2) is 6.84. The molecule has 1 heterocycles. The lowest BCUT2D eigenvalue weighted by Crippen LogP contribution is -2.11. The molecular weight excluding hydrogens is 371 g/mol. The molecule has 24 heavy (non-hydrogen) atoms. The van der Waals surface area contributed by atoms with Crippen molar-refractivity contribution in [2.45, 2.75) is 0 Å². The molecule has 0 unspecified atom stereocenters. The maximum atomic E-state index is 12.4. The van der Waals surface area contributed by atoms with Crippen molar-refractivity contribution in [1.82, 2.24) is 4.98 Å². The van der Waals surface area contributed by atoms with Gasteiger partial charge in [0.15, 0.2) is 10.9 Å². The monoisotopic (exact) mass is 382 g/mol. The van der Waals surface area contributed by atoms with Gasteiger partial charge in [-0.05, 0) is 30.3 Å². The Morgan fingerprint density at radius 3 is 2.46 bits per heavy atom. The van der Waals surface area contributed by atoms with Crippen LogP contribution in [0.5, 0.6) is 11.5 Å². The topological polar surface area (TPSA) is 60.5 Å². The summed E-state index contributed by atoms with van der Waals surface area (Å²) in [5.41, 5.74) is 1.10. The lowest BCUT2D eigenvalue weighted by Gasteiger charge is -2.08. The molecule has 124 valence electrons. The Kier molecular flexibility index (Phi) is 4.80. The molecular formula is C16H12Cl2N2O3S. The quantitative estimate of drug-likeness (QED) is 0.698. The van der Waals surface area contributed by atoms with Gasteiger partial charge < -0.3 is 9.47 Å². The number of fused-ring (bicyclic) bond motifs is 1. The van der Waals surface area contributed by atoms with E-state index >= 15 is 0 Å². The van der Waals surface area contributed by atoms with E-state index in [1.807, 2.05) is 18.2 Å². The number of carbonyl (C=O) groups is 1. The summed E-state index contributed by atoms with van der Waals surface area (Å²) in [4.78, 5) is 16.8. The number of ether oxygens (including phenoxy) is 2. The number of amides is 1. The van der Waals surface area contributed by atoms with Crippen LogP contribution >= 0.6 is 34.5 Å². The van der Waals surface area contributed by atoms with E-state index in [4.69, 9.17) is 32.7 Å². The Hall–Kier alpha value is -2.02. The predicted octanol–water partition coefficient (Wildman–Crippen LogP) is 4.87. The van der Waals surface area contributed by atoms with Crippen molar-refractivity contribution in [2.24, 2.45) is 0 Å². The van der Waals surface area contributed by atoms with Crippen LogP contribution in [0.2, 0.25) is 10.0 Å². The molecule has 1 N–H and O–H groups in total. The van der Waals surface area contributed by atoms with E-state index in [9.17, 15) is 4.79 Å². The van der Waals surface area contributed by atoms with E-state index in [1.165, 1.54) is 30.6 Å². The first kappa shape index (κ1) is 16.8. The molecule has 0 spiro atoms. The van der Waals surface area contributed by atoms with Crippen LogP contribution in [0.15, 0.2) is 30.3 Å². The first-order chi connectivity index (χ1) is 11.5. The Bertz CT molecular complexity index is 904. The number of thiazole rings is 1. The summed E-state index contributed by atoms with van der Waals surface area (Å²) in [6.07, 6.45) is 0. The van der Waals surface area contributed by atoms with Crippen LogP contribution in [-0.4, -0.2) is 25.1 Å². The fourth-order valence-corrected chi connectivity index (χ4v) is 3.67. The van der Waals surface area contributed by atoms with Gasteiger partial charge in [0.1, 0.15) is 5.75 Å². The molecule has 0 atom stereocenters. The minimum atomic E-state index is -0.354. The van der Waals surface area contributed by atoms with Crippen molar-refractivity contribution in [3.63, 3.8) is 0 Å². The van der Waals surface area contributed by atoms with E-state index in [2.05, 4.69) is 10.3 Å². The summed E-state index contributed by atoms with van der Waals surface area (Å²) in [6, 6.07) is 8.51. The SMILES string of the molecule is COc1ccc2nc(NC(=O)c3cc(Cl)c(OC)c(Cl)c3)sc2c1. The number of methoxy groups -OCH3 is 2. The molecule has 0 fully saturated rings. The molecule has 0 aliphatic rings. The second-order valence-corrected chi connectivity index (χ2v) is 6.62. The molecule has 0 saturated carbocycles. The van der Waals surface area contributed by atoms with Crippen LogP contribution in [0.1, 0.15) is 10.4 Å². The standard InChI is InChI=1S/C16H12Cl2N2O3S/c1-22-9-3-4-12-13(7-9)24-16(19-12)20-15(21)8-5-10(17)14(23-2)11(18)6-8/h3-7H,1-2H3,(H,19,20,21). The minimum Gasteiger partial charge on any atom is -0.497 e. The number of benzene rings is 2. The van der Waals surface area contributed by atoms with E-state index in [1.54, 1.807) is 7.11 Å². The summed E-state index contributed by atoms with van der Waals surface area (Å²) >= 11 is 13.5. The van der Waals surface area contributed by atoms with Gasteiger partial charge >= 0.3 is 0 Å². The van der Waals surface area contributed by atoms with Crippen molar-refractivity contribution in [3.8, 4) is 11.5 Å². The van der Waals surface area contributed by atoms with Gasteiger partial charge in [-0.3, -0.25) is 10.1 Å². The summed E-state index contributed by atoms with van der Waals surface area (Å²) in [7, 11) is 3.06. The largest absolute Gasteiger partial charge is 0.497 e. The highest BCUT2D eigenvalue weighted by Crippen LogP contribution is 2.34. The lowest BCUT2D eigenvalue weighted by atomic mass is 10.2. The zero-order valence-electron chi connectivity index (χ0n) is 12.7. The summed E-state index contributed by atoms with van der Waals surface area (Å²) in [6.45, 7) is 0. The zero-order valence-corrected chi connectivity index (χ0v) is 15.1. The zero-order chi connectivity index (χ0) is 17.3. The molecule has 1 aromatic heterocycles. The van der Waals surface area contributed by atoms with Crippen molar-refractivity contribution in [1.29, 1.82) is 0 Å². The fourth-order valence-electron chi connectivity index (χ4n) is 2.14. The van der Waals surface area contributed by atoms with Crippen LogP contribution in [0.25, 0.3) is 10.2 Å². The number of nitrogens with one attached hydrogen (secondary N) is 1. The maximum absolute atomic E-state index is 12.4. The third kappa shape index (κ3) is 3.26. The maximum Gasteiger partial charge on any atom is 0.257 e. The van der Waals surface area contributed by atoms with E-state index in [0.717, 1.165) is 16.0 Å². The highest BCUT2D eigenvalue weighted by Gasteiger charge is 2.15. The third-order valence-electron chi connectivity index (χ3n) is 3.28. The van der Waals surface area contributed by atoms with E-state index < -0.39 is 0 Å². The molecule has 0 aliphatic heterocycles. The number of aromatic nitrogens is 1. The van der Waals surface area contributed by atoms with Crippen molar-refractivity contribution in [3.05, 3.63) is 45.9 Å². The van der Waals surface area contributed by atoms with E-state index in [-0.39, 0.29) is 16.0 Å². The molecule has 0 radical (unpaired) electrons. The molecule has 1 amide bonds. The number of hydrogen-bond donors (Lipinski definition) is 1. The fraction of sp³-hybridized carbons (Fsp3) is 0.125. The Balaban J connectivity index is 1.87. The third-order valence-corrected chi connectivity index (χ3v) is 4.78. The smallest absolute Gasteiger partial charge is 0.257 e. The molecule has 5 nitrogen and oxygen atoms in total. The van der Waals surface area contributed by atoms with Gasteiger partial charge in [0, 0.05) is 5.56 Å². The first-order valence-electron chi connectivity index (χ1n) is 6.81. The first-order valence-corrected chi connectivity index (χ1v) is 8.38. The Morgan fingerprint density at radius 2 is 1.83 bits per heavy atom. The number of carbonyl (C=O) groups excluding carboxylic acids is 1. The van der Waals surface area contributed by atoms with Gasteiger partial charge in [0.05, 0.1) is 34.5 Å². The number of halogens is 2. The van der Waals surface area contributed by atoms with Crippen LogP contribution in [0.4, 0.5) is 5.13 Å². The lowest BCUT2D eigenvalue weighted by molar-refractivity contribution is 0.102. The van der Waals surface area contributed by atoms with Gasteiger partial charge in [0.25, 0.3) is 5.91 Å². The molecule has 3 rings (SSSR count). The normalized spacial score (nSPS) is 10.7. The van der Waals surface area contributed by atoms with E-state index in [0.29, 0.717) is 16.4 Å². The highest BCUT2D eigenvalue weighted by molar-refractivity contribution is 7.22. The van der Waals surface area contributed by atoms with Crippen molar-refractivity contribution < 1.29 is 14.3 Å². The van der Waals surface area contributed by atoms with Crippen LogP contribution in [0.3, 0.4) is 0 Å².